The van der Waals surface area contributed by atoms with Gasteiger partial charge in [-0.3, -0.25) is 0 Å². The number of nitrogens with zero attached hydrogens (tertiary/aromatic N) is 4. The van der Waals surface area contributed by atoms with Crippen LogP contribution in [-0.4, -0.2) is 129 Å². The van der Waals surface area contributed by atoms with Crippen molar-refractivity contribution < 1.29 is 4.42 Å². The van der Waals surface area contributed by atoms with E-state index in [2.05, 4.69) is 59.2 Å². The maximum absolute atomic E-state index is 6.99. The lowest BCUT2D eigenvalue weighted by atomic mass is 9.56. The van der Waals surface area contributed by atoms with Crippen LogP contribution in [0.15, 0.2) is 114 Å². The van der Waals surface area contributed by atoms with Gasteiger partial charge >= 0.3 is 0 Å². The van der Waals surface area contributed by atoms with Crippen LogP contribution in [0, 0.1) is 0 Å². The lowest BCUT2D eigenvalue weighted by Gasteiger charge is -2.28. The van der Waals surface area contributed by atoms with Crippen LogP contribution in [0.3, 0.4) is 0 Å². The summed E-state index contributed by atoms with van der Waals surface area (Å²) in [4.78, 5) is 14.6. The van der Waals surface area contributed by atoms with Gasteiger partial charge in [-0.25, -0.2) is 15.0 Å². The Morgan fingerprint density at radius 1 is 0.300 bits per heavy atom. The zero-order valence-electron chi connectivity index (χ0n) is 37.2. The van der Waals surface area contributed by atoms with Gasteiger partial charge in [0.05, 0.1) is 11.0 Å². The Morgan fingerprint density at radius 2 is 0.786 bits per heavy atom. The predicted octanol–water partition coefficient (Wildman–Crippen LogP) is -3.68. The monoisotopic (exact) mass is 856 g/mol. The van der Waals surface area contributed by atoms with E-state index in [0.717, 1.165) is 49.4 Å². The van der Waals surface area contributed by atoms with Crippen LogP contribution >= 0.6 is 0 Å². The SMILES string of the molecule is [B]c1c([B])c([B])c(-c2nc(-c3ccc4c(c3)oc3ccc(-n5c6ccccc6c6cc(-c7ccccc7)ccc65)cc34)nc(-c3c([B])c([B])c([B])c(-c4c([B])c([B])c([B])c([B])c4[B])c3[B])n2)c([B])c1[B]. The molecule has 11 aromatic rings. The first-order chi connectivity index (χ1) is 33.5. The van der Waals surface area contributed by atoms with Crippen molar-refractivity contribution in [2.24, 2.45) is 0 Å². The number of rotatable bonds is 6. The third-order valence-corrected chi connectivity index (χ3v) is 13.1. The quantitative estimate of drug-likeness (QED) is 0.162. The Kier molecular flexibility index (Phi) is 11.1. The molecule has 70 heavy (non-hydrogen) atoms. The summed E-state index contributed by atoms with van der Waals surface area (Å²) in [6.07, 6.45) is 0. The Bertz CT molecular complexity index is 4020. The van der Waals surface area contributed by atoms with Gasteiger partial charge in [0, 0.05) is 43.9 Å². The summed E-state index contributed by atoms with van der Waals surface area (Å²) >= 11 is 0. The summed E-state index contributed by atoms with van der Waals surface area (Å²) in [7, 11) is 90.7. The minimum Gasteiger partial charge on any atom is -0.456 e. The van der Waals surface area contributed by atoms with Crippen LogP contribution in [0.25, 0.3) is 106 Å². The maximum atomic E-state index is 6.99. The molecule has 0 aliphatic heterocycles. The van der Waals surface area contributed by atoms with E-state index in [4.69, 9.17) is 129 Å². The van der Waals surface area contributed by atoms with E-state index in [9.17, 15) is 0 Å². The van der Waals surface area contributed by atoms with Crippen molar-refractivity contribution in [3.8, 4) is 62.1 Å². The first-order valence-electron chi connectivity index (χ1n) is 21.7. The lowest BCUT2D eigenvalue weighted by molar-refractivity contribution is 0.669. The van der Waals surface area contributed by atoms with Crippen LogP contribution in [-0.2, 0) is 0 Å². The first kappa shape index (κ1) is 45.7. The van der Waals surface area contributed by atoms with Gasteiger partial charge in [-0.15, -0.1) is 38.2 Å². The second-order valence-electron chi connectivity index (χ2n) is 17.0. The minimum absolute atomic E-state index is 0.0104. The van der Waals surface area contributed by atoms with E-state index < -0.39 is 0 Å². The summed E-state index contributed by atoms with van der Waals surface area (Å²) in [5.41, 5.74) is 6.51. The molecule has 290 valence electrons. The second-order valence-corrected chi connectivity index (χ2v) is 17.0. The highest BCUT2D eigenvalue weighted by atomic mass is 16.3. The number of hydrogen-bond donors (Lipinski definition) is 0. The van der Waals surface area contributed by atoms with Crippen molar-refractivity contribution in [2.75, 3.05) is 0 Å². The molecule has 0 amide bonds. The fourth-order valence-corrected chi connectivity index (χ4v) is 9.38. The second kappa shape index (κ2) is 17.0. The zero-order valence-corrected chi connectivity index (χ0v) is 37.2. The number of aromatic nitrogens is 4. The van der Waals surface area contributed by atoms with Crippen LogP contribution in [0.2, 0.25) is 0 Å². The molecule has 3 heterocycles. The van der Waals surface area contributed by atoms with Crippen molar-refractivity contribution in [2.45, 2.75) is 0 Å². The summed E-state index contributed by atoms with van der Waals surface area (Å²) in [6, 6.07) is 37.0. The van der Waals surface area contributed by atoms with Crippen molar-refractivity contribution >= 4 is 230 Å². The van der Waals surface area contributed by atoms with Gasteiger partial charge in [0.2, 0.25) is 0 Å². The van der Waals surface area contributed by atoms with Crippen LogP contribution in [0.1, 0.15) is 0 Å². The fraction of sp³-hybridized carbons (Fsp3) is 0. The minimum atomic E-state index is -0.101. The van der Waals surface area contributed by atoms with Crippen molar-refractivity contribution in [3.05, 3.63) is 109 Å². The Balaban J connectivity index is 1.10. The number of para-hydroxylation sites is 1. The number of fused-ring (bicyclic) bond motifs is 6. The fourth-order valence-electron chi connectivity index (χ4n) is 9.38. The summed E-state index contributed by atoms with van der Waals surface area (Å²) in [6.45, 7) is 0. The molecule has 28 radical (unpaired) electrons. The molecule has 0 saturated heterocycles. The maximum Gasteiger partial charge on any atom is 0.164 e. The molecule has 19 heteroatoms. The van der Waals surface area contributed by atoms with Crippen LogP contribution in [0.4, 0.5) is 0 Å². The third-order valence-electron chi connectivity index (χ3n) is 13.1. The molecule has 0 aliphatic rings. The largest absolute Gasteiger partial charge is 0.456 e. The van der Waals surface area contributed by atoms with E-state index in [-0.39, 0.29) is 116 Å². The van der Waals surface area contributed by atoms with Gasteiger partial charge in [0.15, 0.2) is 17.5 Å². The van der Waals surface area contributed by atoms with E-state index in [1.807, 2.05) is 48.5 Å². The molecule has 0 bridgehead atoms. The molecule has 0 aliphatic carbocycles. The molecule has 5 nitrogen and oxygen atoms in total. The van der Waals surface area contributed by atoms with Gasteiger partial charge in [-0.05, 0) is 70.8 Å². The lowest BCUT2D eigenvalue weighted by Crippen LogP contribution is -2.57. The molecule has 0 spiro atoms. The highest BCUT2D eigenvalue weighted by molar-refractivity contribution is 6.71. The Morgan fingerprint density at radius 3 is 1.41 bits per heavy atom. The smallest absolute Gasteiger partial charge is 0.164 e. The van der Waals surface area contributed by atoms with Crippen molar-refractivity contribution in [3.63, 3.8) is 0 Å². The molecule has 0 unspecified atom stereocenters. The average molecular weight is 854 g/mol. The normalized spacial score (nSPS) is 11.7. The van der Waals surface area contributed by atoms with E-state index >= 15 is 0 Å². The third kappa shape index (κ3) is 6.93. The number of hydrogen-bond acceptors (Lipinski definition) is 4. The molecular weight excluding hydrogens is 836 g/mol. The Hall–Kier alpha value is -6.72. The highest BCUT2D eigenvalue weighted by Crippen LogP contribution is 2.38. The summed E-state index contributed by atoms with van der Waals surface area (Å²) in [5.74, 6) is -0.0621. The van der Waals surface area contributed by atoms with Crippen LogP contribution in [0.5, 0.6) is 0 Å². The molecule has 0 N–H and O–H groups in total. The zero-order chi connectivity index (χ0) is 49.2. The average Bonchev–Trinajstić information content (AvgIpc) is 3.91. The van der Waals surface area contributed by atoms with Crippen LogP contribution < -0.4 is 76.5 Å². The van der Waals surface area contributed by atoms with Gasteiger partial charge in [-0.2, -0.15) is 0 Å². The Labute approximate surface area is 422 Å². The molecular formula is C51H18B14N4O. The number of furan rings is 1. The van der Waals surface area contributed by atoms with Gasteiger partial charge in [-0.1, -0.05) is 98.9 Å². The van der Waals surface area contributed by atoms with Crippen molar-refractivity contribution in [1.82, 2.24) is 19.5 Å². The van der Waals surface area contributed by atoms with Crippen molar-refractivity contribution in [1.29, 1.82) is 0 Å². The van der Waals surface area contributed by atoms with Gasteiger partial charge in [0.25, 0.3) is 0 Å². The summed E-state index contributed by atoms with van der Waals surface area (Å²) < 4.78 is 8.79. The summed E-state index contributed by atoms with van der Waals surface area (Å²) in [5, 5.41) is 3.98. The molecule has 0 fully saturated rings. The topological polar surface area (TPSA) is 56.7 Å². The van der Waals surface area contributed by atoms with Gasteiger partial charge in [0.1, 0.15) is 121 Å². The van der Waals surface area contributed by atoms with E-state index in [1.54, 1.807) is 6.07 Å². The highest BCUT2D eigenvalue weighted by Gasteiger charge is 2.25. The molecule has 0 saturated carbocycles. The molecule has 11 rings (SSSR count). The first-order valence-corrected chi connectivity index (χ1v) is 21.7. The molecule has 3 aromatic heterocycles. The molecule has 8 aromatic carbocycles. The number of benzene rings is 8. The standard InChI is InChI=1S/C51H18B14N4O/c52-35-31(32-37(54)43(60)47(64)44(61)38(32)55)36(53)42(59)39(56)33(35)50-66-49(67-51(68-50)34-40(57)45(62)48(65)46(63)41(34)58)21-10-13-24-26-18-22(12-15-29(26)70-30(24)17-21)69-27-9-5-4-8-23(27)25-16-20(11-14-28(25)69)19-6-2-1-3-7-19/h1-18H. The van der Waals surface area contributed by atoms with E-state index in [0.29, 0.717) is 16.7 Å². The molecule has 0 atom stereocenters. The van der Waals surface area contributed by atoms with E-state index in [1.165, 1.54) is 0 Å². The predicted molar refractivity (Wildman–Crippen MR) is 304 cm³/mol. The van der Waals surface area contributed by atoms with Gasteiger partial charge < -0.3 is 8.98 Å².